The van der Waals surface area contributed by atoms with Crippen LogP contribution in [0, 0.1) is 4.64 Å². The van der Waals surface area contributed by atoms with Gasteiger partial charge in [-0.15, -0.1) is 13.2 Å². The number of amides is 1. The van der Waals surface area contributed by atoms with Crippen molar-refractivity contribution in [1.29, 1.82) is 0 Å². The summed E-state index contributed by atoms with van der Waals surface area (Å²) >= 11 is 5.27. The fraction of sp³-hybridized carbons (Fsp3) is 0.167. The summed E-state index contributed by atoms with van der Waals surface area (Å²) in [7, 11) is 0. The van der Waals surface area contributed by atoms with Crippen LogP contribution in [-0.4, -0.2) is 40.7 Å². The zero-order valence-corrected chi connectivity index (χ0v) is 20.1. The van der Waals surface area contributed by atoms with Crippen LogP contribution in [-0.2, 0) is 9.53 Å². The number of rotatable bonds is 4. The number of aromatic nitrogens is 2. The molecule has 1 amide bonds. The Kier molecular flexibility index (Phi) is 9.74. The topological polar surface area (TPSA) is 131 Å². The number of hydrogen-bond acceptors (Lipinski definition) is 7. The van der Waals surface area contributed by atoms with E-state index in [1.54, 1.807) is 24.3 Å². The maximum atomic E-state index is 13.1. The normalized spacial score (nSPS) is 18.4. The third-order valence-electron chi connectivity index (χ3n) is 4.53. The summed E-state index contributed by atoms with van der Waals surface area (Å²) in [4.78, 5) is 22.5. The van der Waals surface area contributed by atoms with Crippen LogP contribution in [0.5, 0.6) is 0 Å². The summed E-state index contributed by atoms with van der Waals surface area (Å²) in [5.41, 5.74) is 12.5. The maximum Gasteiger partial charge on any atom is 0.416 e. The number of anilines is 1. The first-order valence-electron chi connectivity index (χ1n) is 10.4. The molecule has 0 aliphatic carbocycles. The van der Waals surface area contributed by atoms with Gasteiger partial charge in [-0.2, -0.15) is 13.2 Å². The van der Waals surface area contributed by atoms with Crippen molar-refractivity contribution in [2.45, 2.75) is 19.1 Å². The maximum absolute atomic E-state index is 13.1. The van der Waals surface area contributed by atoms with Crippen LogP contribution < -0.4 is 16.8 Å². The number of nitrogens with zero attached hydrogens (tertiary/aromatic N) is 2. The molecule has 0 saturated carbocycles. The van der Waals surface area contributed by atoms with E-state index in [4.69, 9.17) is 28.4 Å². The molecule has 0 bridgehead atoms. The van der Waals surface area contributed by atoms with E-state index in [0.29, 0.717) is 22.5 Å². The lowest BCUT2D eigenvalue weighted by Crippen LogP contribution is -2.18. The Labute approximate surface area is 211 Å². The van der Waals surface area contributed by atoms with Gasteiger partial charge in [0, 0.05) is 23.0 Å². The lowest BCUT2D eigenvalue weighted by atomic mass is 10.0. The van der Waals surface area contributed by atoms with Crippen LogP contribution in [0.4, 0.5) is 18.9 Å². The molecule has 1 atom stereocenters. The second kappa shape index (κ2) is 12.5. The number of nitrogens with one attached hydrogen (secondary N) is 2. The molecule has 0 radical (unpaired) electrons. The highest BCUT2D eigenvalue weighted by Crippen LogP contribution is 2.29. The van der Waals surface area contributed by atoms with E-state index in [9.17, 15) is 18.0 Å². The highest BCUT2D eigenvalue weighted by atomic mass is 32.1. The zero-order valence-electron chi connectivity index (χ0n) is 19.3. The Morgan fingerprint density at radius 3 is 2.72 bits per heavy atom. The van der Waals surface area contributed by atoms with Gasteiger partial charge in [-0.05, 0) is 31.2 Å². The summed E-state index contributed by atoms with van der Waals surface area (Å²) < 4.78 is 45.0. The van der Waals surface area contributed by atoms with Gasteiger partial charge in [0.1, 0.15) is 11.2 Å². The molecule has 2 aromatic rings. The van der Waals surface area contributed by atoms with Crippen LogP contribution in [0.1, 0.15) is 12.5 Å². The molecular formula is C24H25F3N6O2S. The fourth-order valence-electron chi connectivity index (χ4n) is 3.13. The van der Waals surface area contributed by atoms with E-state index in [1.165, 1.54) is 19.3 Å². The Balaban J connectivity index is 0.00000222. The van der Waals surface area contributed by atoms with Crippen molar-refractivity contribution in [2.24, 2.45) is 16.5 Å². The number of H-pyrrole nitrogens is 1. The van der Waals surface area contributed by atoms with E-state index < -0.39 is 23.7 Å². The van der Waals surface area contributed by atoms with Crippen LogP contribution in [0.3, 0.4) is 0 Å². The molecule has 2 heterocycles. The number of halogens is 3. The number of amidine groups is 1. The molecule has 6 N–H and O–H groups in total. The van der Waals surface area contributed by atoms with E-state index in [2.05, 4.69) is 33.4 Å². The van der Waals surface area contributed by atoms with Crippen molar-refractivity contribution in [1.82, 2.24) is 9.97 Å². The second-order valence-electron chi connectivity index (χ2n) is 7.17. The number of carbonyl (C=O) groups excluding carboxylic acids is 1. The molecular weight excluding hydrogens is 493 g/mol. The van der Waals surface area contributed by atoms with Gasteiger partial charge >= 0.3 is 6.18 Å². The average molecular weight is 519 g/mol. The van der Waals surface area contributed by atoms with Crippen LogP contribution in [0.15, 0.2) is 78.6 Å². The van der Waals surface area contributed by atoms with Gasteiger partial charge in [-0.25, -0.2) is 9.98 Å². The van der Waals surface area contributed by atoms with Crippen molar-refractivity contribution < 1.29 is 22.7 Å². The third kappa shape index (κ3) is 7.67. The van der Waals surface area contributed by atoms with Gasteiger partial charge in [-0.1, -0.05) is 30.4 Å². The minimum absolute atomic E-state index is 0.0463. The number of benzene rings is 1. The number of primary amides is 1. The van der Waals surface area contributed by atoms with E-state index >= 15 is 0 Å². The monoisotopic (exact) mass is 518 g/mol. The highest BCUT2D eigenvalue weighted by molar-refractivity contribution is 7.71. The summed E-state index contributed by atoms with van der Waals surface area (Å²) in [6, 6.07) is 6.18. The van der Waals surface area contributed by atoms with Crippen molar-refractivity contribution >= 4 is 35.5 Å². The molecule has 190 valence electrons. The summed E-state index contributed by atoms with van der Waals surface area (Å²) in [5, 5.41) is 2.97. The third-order valence-corrected chi connectivity index (χ3v) is 4.84. The summed E-state index contributed by atoms with van der Waals surface area (Å²) in [6.45, 7) is 7.41. The lowest BCUT2D eigenvalue weighted by Gasteiger charge is -2.14. The Morgan fingerprint density at radius 1 is 1.33 bits per heavy atom. The minimum Gasteiger partial charge on any atom is -0.461 e. The molecule has 12 heteroatoms. The molecule has 0 saturated heterocycles. The van der Waals surface area contributed by atoms with Gasteiger partial charge in [0.15, 0.2) is 0 Å². The summed E-state index contributed by atoms with van der Waals surface area (Å²) in [6.07, 6.45) is 1.20. The number of nitrogens with two attached hydrogens (primary N) is 2. The van der Waals surface area contributed by atoms with Crippen LogP contribution >= 0.6 is 12.2 Å². The lowest BCUT2D eigenvalue weighted by molar-refractivity contribution is -0.113. The predicted molar refractivity (Wildman–Crippen MR) is 137 cm³/mol. The van der Waals surface area contributed by atoms with E-state index in [0.717, 1.165) is 18.2 Å². The minimum atomic E-state index is -4.49. The standard InChI is InChI=1S/C22H21F3N6O2S.C2H4/c1-12-8-14(22(23,24)25)5-3-7-33-21(30-12)31-15-6-2-4-13(9-15)19-18(16(26)10-17(27)32)20(34)29-11-28-19;1-2/h2-6,8-12H,7,26H2,1H3,(H2,27,32)(H,30,31)(H,28,29,34);1-2H2/b5-3-,14-8+,16-10-;. The molecule has 0 spiro atoms. The van der Waals surface area contributed by atoms with Gasteiger partial charge in [0.05, 0.1) is 29.2 Å². The van der Waals surface area contributed by atoms with E-state index in [-0.39, 0.29) is 23.0 Å². The smallest absolute Gasteiger partial charge is 0.416 e. The molecule has 36 heavy (non-hydrogen) atoms. The van der Waals surface area contributed by atoms with Gasteiger partial charge in [0.25, 0.3) is 6.02 Å². The van der Waals surface area contributed by atoms with Gasteiger partial charge in [-0.3, -0.25) is 4.79 Å². The first kappa shape index (κ1) is 28.1. The number of carbonyl (C=O) groups is 1. The largest absolute Gasteiger partial charge is 0.461 e. The number of aliphatic imine (C=N–C) groups is 1. The number of ether oxygens (including phenoxy) is 1. The average Bonchev–Trinajstić information content (AvgIpc) is 2.89. The molecule has 1 aromatic carbocycles. The SMILES string of the molecule is C=C.CC1/C=C(C(F)(F)F)\C=C/COC(Nc2cccc(-c3[nH]cnc(=S)c3/C(N)=C/C(N)=O)c2)=N1. The van der Waals surface area contributed by atoms with Gasteiger partial charge < -0.3 is 26.5 Å². The molecule has 1 aliphatic heterocycles. The Bertz CT molecular complexity index is 1280. The Hall–Kier alpha value is -4.19. The second-order valence-corrected chi connectivity index (χ2v) is 7.56. The molecule has 1 aliphatic rings. The van der Waals surface area contributed by atoms with Crippen molar-refractivity contribution in [3.63, 3.8) is 0 Å². The van der Waals surface area contributed by atoms with Crippen molar-refractivity contribution in [3.8, 4) is 11.3 Å². The Morgan fingerprint density at radius 2 is 2.06 bits per heavy atom. The summed E-state index contributed by atoms with van der Waals surface area (Å²) in [5.74, 6) is -0.738. The predicted octanol–water partition coefficient (Wildman–Crippen LogP) is 4.62. The van der Waals surface area contributed by atoms with E-state index in [1.807, 2.05) is 0 Å². The quantitative estimate of drug-likeness (QED) is 0.265. The molecule has 1 unspecified atom stereocenters. The number of aromatic amines is 1. The molecule has 1 aromatic heterocycles. The molecule has 3 rings (SSSR count). The number of alkyl halides is 3. The first-order valence-corrected chi connectivity index (χ1v) is 10.8. The van der Waals surface area contributed by atoms with Crippen molar-refractivity contribution in [2.75, 3.05) is 11.9 Å². The first-order chi connectivity index (χ1) is 17.0. The zero-order chi connectivity index (χ0) is 26.9. The van der Waals surface area contributed by atoms with Gasteiger partial charge in [0.2, 0.25) is 5.91 Å². The van der Waals surface area contributed by atoms with Crippen LogP contribution in [0.2, 0.25) is 0 Å². The number of allylic oxidation sites excluding steroid dienone is 2. The number of hydrogen-bond donors (Lipinski definition) is 4. The highest BCUT2D eigenvalue weighted by Gasteiger charge is 2.32. The van der Waals surface area contributed by atoms with Crippen molar-refractivity contribution in [3.05, 3.63) is 83.8 Å². The van der Waals surface area contributed by atoms with Crippen LogP contribution in [0.25, 0.3) is 17.0 Å². The molecule has 8 nitrogen and oxygen atoms in total. The fourth-order valence-corrected chi connectivity index (χ4v) is 3.40. The molecule has 0 fully saturated rings.